The van der Waals surface area contributed by atoms with Gasteiger partial charge in [-0.15, -0.1) is 0 Å². The van der Waals surface area contributed by atoms with E-state index in [0.29, 0.717) is 13.2 Å². The van der Waals surface area contributed by atoms with Crippen LogP contribution in [0.1, 0.15) is 38.4 Å². The van der Waals surface area contributed by atoms with Crippen molar-refractivity contribution < 1.29 is 13.9 Å². The van der Waals surface area contributed by atoms with E-state index >= 15 is 0 Å². The molecule has 1 heterocycles. The van der Waals surface area contributed by atoms with Crippen molar-refractivity contribution in [1.82, 2.24) is 5.32 Å². The van der Waals surface area contributed by atoms with Crippen molar-refractivity contribution in [2.45, 2.75) is 39.2 Å². The van der Waals surface area contributed by atoms with Gasteiger partial charge >= 0.3 is 0 Å². The fourth-order valence-corrected chi connectivity index (χ4v) is 2.30. The Bertz CT molecular complexity index is 596. The van der Waals surface area contributed by atoms with Crippen LogP contribution in [-0.4, -0.2) is 19.1 Å². The summed E-state index contributed by atoms with van der Waals surface area (Å²) in [5.41, 5.74) is 0.742. The first-order valence-electron chi connectivity index (χ1n) is 8.53. The second kappa shape index (κ2) is 10.5. The Morgan fingerprint density at radius 1 is 1.17 bits per heavy atom. The maximum atomic E-state index is 11.9. The standard InChI is InChI=1S/C19H26N2O3/c1-2-3-4-5-11-23-17-9-6-8-16(13-17)21-19(22)15-20-14-18-10-7-12-24-18/h6-10,12-13,20H,2-5,11,14-15H2,1H3,(H,21,22). The van der Waals surface area contributed by atoms with Gasteiger partial charge in [0.25, 0.3) is 0 Å². The molecule has 0 spiro atoms. The van der Waals surface area contributed by atoms with Crippen molar-refractivity contribution >= 4 is 11.6 Å². The maximum absolute atomic E-state index is 11.9. The molecule has 0 aliphatic rings. The highest BCUT2D eigenvalue weighted by atomic mass is 16.5. The summed E-state index contributed by atoms with van der Waals surface area (Å²) in [6, 6.07) is 11.2. The number of carbonyl (C=O) groups excluding carboxylic acids is 1. The second-order valence-corrected chi connectivity index (χ2v) is 5.67. The van der Waals surface area contributed by atoms with E-state index in [2.05, 4.69) is 17.6 Å². The number of nitrogens with one attached hydrogen (secondary N) is 2. The lowest BCUT2D eigenvalue weighted by Crippen LogP contribution is -2.27. The Balaban J connectivity index is 1.69. The van der Waals surface area contributed by atoms with Crippen LogP contribution in [0.3, 0.4) is 0 Å². The minimum absolute atomic E-state index is 0.0957. The number of furan rings is 1. The third kappa shape index (κ3) is 6.87. The third-order valence-corrected chi connectivity index (χ3v) is 3.55. The molecule has 1 aromatic heterocycles. The van der Waals surface area contributed by atoms with Crippen LogP contribution in [-0.2, 0) is 11.3 Å². The van der Waals surface area contributed by atoms with Gasteiger partial charge in [0, 0.05) is 11.8 Å². The number of ether oxygens (including phenoxy) is 1. The average molecular weight is 330 g/mol. The molecule has 130 valence electrons. The van der Waals surface area contributed by atoms with Crippen LogP contribution in [0.15, 0.2) is 47.1 Å². The van der Waals surface area contributed by atoms with Crippen molar-refractivity contribution in [2.75, 3.05) is 18.5 Å². The number of carbonyl (C=O) groups is 1. The topological polar surface area (TPSA) is 63.5 Å². The van der Waals surface area contributed by atoms with Crippen molar-refractivity contribution in [2.24, 2.45) is 0 Å². The van der Waals surface area contributed by atoms with E-state index in [4.69, 9.17) is 9.15 Å². The monoisotopic (exact) mass is 330 g/mol. The molecule has 0 aliphatic carbocycles. The molecule has 24 heavy (non-hydrogen) atoms. The Kier molecular flexibility index (Phi) is 7.90. The lowest BCUT2D eigenvalue weighted by Gasteiger charge is -2.09. The van der Waals surface area contributed by atoms with Gasteiger partial charge in [-0.25, -0.2) is 0 Å². The molecular weight excluding hydrogens is 304 g/mol. The van der Waals surface area contributed by atoms with Crippen molar-refractivity contribution in [3.8, 4) is 5.75 Å². The molecule has 2 rings (SSSR count). The third-order valence-electron chi connectivity index (χ3n) is 3.55. The first-order valence-corrected chi connectivity index (χ1v) is 8.53. The summed E-state index contributed by atoms with van der Waals surface area (Å²) in [7, 11) is 0. The summed E-state index contributed by atoms with van der Waals surface area (Å²) < 4.78 is 10.9. The van der Waals surface area contributed by atoms with E-state index in [1.165, 1.54) is 19.3 Å². The van der Waals surface area contributed by atoms with Gasteiger partial charge in [0.05, 0.1) is 26.0 Å². The van der Waals surface area contributed by atoms with E-state index in [1.807, 2.05) is 36.4 Å². The van der Waals surface area contributed by atoms with Gasteiger partial charge in [0.1, 0.15) is 11.5 Å². The van der Waals surface area contributed by atoms with Gasteiger partial charge in [0.2, 0.25) is 5.91 Å². The zero-order valence-corrected chi connectivity index (χ0v) is 14.2. The molecular formula is C19H26N2O3. The lowest BCUT2D eigenvalue weighted by atomic mass is 10.2. The van der Waals surface area contributed by atoms with E-state index in [0.717, 1.165) is 23.6 Å². The number of hydrogen-bond acceptors (Lipinski definition) is 4. The van der Waals surface area contributed by atoms with E-state index < -0.39 is 0 Å². The van der Waals surface area contributed by atoms with Crippen LogP contribution in [0, 0.1) is 0 Å². The normalized spacial score (nSPS) is 10.5. The van der Waals surface area contributed by atoms with Crippen LogP contribution in [0.4, 0.5) is 5.69 Å². The van der Waals surface area contributed by atoms with Crippen molar-refractivity contribution in [3.05, 3.63) is 48.4 Å². The number of anilines is 1. The average Bonchev–Trinajstić information content (AvgIpc) is 3.08. The largest absolute Gasteiger partial charge is 0.494 e. The summed E-state index contributed by atoms with van der Waals surface area (Å²) in [6.07, 6.45) is 6.32. The first-order chi connectivity index (χ1) is 11.8. The van der Waals surface area contributed by atoms with E-state index in [-0.39, 0.29) is 12.5 Å². The molecule has 0 radical (unpaired) electrons. The maximum Gasteiger partial charge on any atom is 0.238 e. The molecule has 2 N–H and O–H groups in total. The van der Waals surface area contributed by atoms with Crippen LogP contribution in [0.25, 0.3) is 0 Å². The van der Waals surface area contributed by atoms with Crippen LogP contribution >= 0.6 is 0 Å². The molecule has 2 aromatic rings. The van der Waals surface area contributed by atoms with Gasteiger partial charge in [-0.1, -0.05) is 32.3 Å². The molecule has 0 unspecified atom stereocenters. The molecule has 0 fully saturated rings. The number of rotatable bonds is 11. The number of hydrogen-bond donors (Lipinski definition) is 2. The van der Waals surface area contributed by atoms with Gasteiger partial charge in [0.15, 0.2) is 0 Å². The highest BCUT2D eigenvalue weighted by Crippen LogP contribution is 2.17. The number of amides is 1. The minimum Gasteiger partial charge on any atom is -0.494 e. The van der Waals surface area contributed by atoms with Gasteiger partial charge in [-0.05, 0) is 30.7 Å². The lowest BCUT2D eigenvalue weighted by molar-refractivity contribution is -0.115. The van der Waals surface area contributed by atoms with Crippen LogP contribution < -0.4 is 15.4 Å². The molecule has 0 bridgehead atoms. The second-order valence-electron chi connectivity index (χ2n) is 5.67. The van der Waals surface area contributed by atoms with Crippen LogP contribution in [0.2, 0.25) is 0 Å². The summed E-state index contributed by atoms with van der Waals surface area (Å²) in [5.74, 6) is 1.50. The summed E-state index contributed by atoms with van der Waals surface area (Å²) in [6.45, 7) is 3.66. The molecule has 0 saturated carbocycles. The molecule has 0 atom stereocenters. The van der Waals surface area contributed by atoms with Gasteiger partial charge < -0.3 is 19.8 Å². The summed E-state index contributed by atoms with van der Waals surface area (Å²) in [5, 5.41) is 5.90. The zero-order valence-electron chi connectivity index (χ0n) is 14.2. The number of benzene rings is 1. The fraction of sp³-hybridized carbons (Fsp3) is 0.421. The quantitative estimate of drug-likeness (QED) is 0.612. The molecule has 5 heteroatoms. The summed E-state index contributed by atoms with van der Waals surface area (Å²) in [4.78, 5) is 11.9. The van der Waals surface area contributed by atoms with Gasteiger partial charge in [-0.3, -0.25) is 4.79 Å². The minimum atomic E-state index is -0.0957. The zero-order chi connectivity index (χ0) is 17.0. The van der Waals surface area contributed by atoms with E-state index in [1.54, 1.807) is 6.26 Å². The highest BCUT2D eigenvalue weighted by Gasteiger charge is 2.04. The van der Waals surface area contributed by atoms with Crippen molar-refractivity contribution in [1.29, 1.82) is 0 Å². The molecule has 0 saturated heterocycles. The van der Waals surface area contributed by atoms with Crippen molar-refractivity contribution in [3.63, 3.8) is 0 Å². The van der Waals surface area contributed by atoms with Crippen LogP contribution in [0.5, 0.6) is 5.75 Å². The first kappa shape index (κ1) is 18.1. The molecule has 1 aromatic carbocycles. The molecule has 0 aliphatic heterocycles. The van der Waals surface area contributed by atoms with Gasteiger partial charge in [-0.2, -0.15) is 0 Å². The Morgan fingerprint density at radius 3 is 2.88 bits per heavy atom. The summed E-state index contributed by atoms with van der Waals surface area (Å²) >= 11 is 0. The number of unbranched alkanes of at least 4 members (excludes halogenated alkanes) is 3. The Hall–Kier alpha value is -2.27. The SMILES string of the molecule is CCCCCCOc1cccc(NC(=O)CNCc2ccco2)c1. The fourth-order valence-electron chi connectivity index (χ4n) is 2.30. The predicted octanol–water partition coefficient (Wildman–Crippen LogP) is 3.97. The Labute approximate surface area is 143 Å². The highest BCUT2D eigenvalue weighted by molar-refractivity contribution is 5.92. The van der Waals surface area contributed by atoms with E-state index in [9.17, 15) is 4.79 Å². The predicted molar refractivity (Wildman–Crippen MR) is 95.1 cm³/mol. The smallest absolute Gasteiger partial charge is 0.238 e. The molecule has 1 amide bonds. The Morgan fingerprint density at radius 2 is 2.08 bits per heavy atom. The molecule has 5 nitrogen and oxygen atoms in total.